The average molecular weight is 443 g/mol. The molecular weight excluding hydrogens is 428 g/mol. The largest absolute Gasteiger partial charge is 0.490 e. The Morgan fingerprint density at radius 1 is 0.867 bits per heavy atom. The molecule has 1 aliphatic rings. The minimum absolute atomic E-state index is 0.0347. The molecule has 0 aromatic heterocycles. The van der Waals surface area contributed by atoms with E-state index in [9.17, 15) is 18.0 Å². The van der Waals surface area contributed by atoms with Gasteiger partial charge in [0.1, 0.15) is 19.0 Å². The van der Waals surface area contributed by atoms with Crippen LogP contribution in [-0.4, -0.2) is 33.4 Å². The molecule has 0 amide bonds. The first-order chi connectivity index (χ1) is 14.4. The SMILES string of the molecule is O=C(OCCOc1ccc(Cl)cc1)c1ccc2c(c1)S(=O)(=O)c1ccccc1C2=O. The van der Waals surface area contributed by atoms with Gasteiger partial charge in [-0.1, -0.05) is 23.7 Å². The van der Waals surface area contributed by atoms with Crippen LogP contribution < -0.4 is 4.74 Å². The molecule has 0 radical (unpaired) electrons. The maximum Gasteiger partial charge on any atom is 0.338 e. The van der Waals surface area contributed by atoms with Crippen molar-refractivity contribution >= 4 is 33.2 Å². The molecule has 0 aliphatic carbocycles. The highest BCUT2D eigenvalue weighted by Crippen LogP contribution is 2.34. The van der Waals surface area contributed by atoms with E-state index >= 15 is 0 Å². The van der Waals surface area contributed by atoms with Gasteiger partial charge in [0.2, 0.25) is 9.84 Å². The molecule has 4 rings (SSSR count). The Morgan fingerprint density at radius 2 is 1.57 bits per heavy atom. The predicted molar refractivity (Wildman–Crippen MR) is 109 cm³/mol. The van der Waals surface area contributed by atoms with Crippen LogP contribution in [-0.2, 0) is 14.6 Å². The maximum absolute atomic E-state index is 12.9. The summed E-state index contributed by atoms with van der Waals surface area (Å²) in [6.07, 6.45) is 0. The molecule has 0 fully saturated rings. The fraction of sp³-hybridized carbons (Fsp3) is 0.0909. The lowest BCUT2D eigenvalue weighted by molar-refractivity contribution is 0.0450. The van der Waals surface area contributed by atoms with Crippen LogP contribution in [0.2, 0.25) is 5.02 Å². The molecule has 0 spiro atoms. The molecule has 152 valence electrons. The summed E-state index contributed by atoms with van der Waals surface area (Å²) in [7, 11) is -3.92. The Morgan fingerprint density at radius 3 is 2.33 bits per heavy atom. The second-order valence-electron chi connectivity index (χ2n) is 6.48. The van der Waals surface area contributed by atoms with Crippen LogP contribution in [0.4, 0.5) is 0 Å². The zero-order chi connectivity index (χ0) is 21.3. The Labute approximate surface area is 177 Å². The number of carbonyl (C=O) groups excluding carboxylic acids is 2. The summed E-state index contributed by atoms with van der Waals surface area (Å²) >= 11 is 5.80. The number of hydrogen-bond donors (Lipinski definition) is 0. The van der Waals surface area contributed by atoms with Gasteiger partial charge in [-0.25, -0.2) is 13.2 Å². The summed E-state index contributed by atoms with van der Waals surface area (Å²) in [5.74, 6) is -0.529. The molecule has 0 saturated heterocycles. The van der Waals surface area contributed by atoms with Crippen molar-refractivity contribution in [1.82, 2.24) is 0 Å². The van der Waals surface area contributed by atoms with Gasteiger partial charge < -0.3 is 9.47 Å². The summed E-state index contributed by atoms with van der Waals surface area (Å²) in [4.78, 5) is 24.7. The van der Waals surface area contributed by atoms with Gasteiger partial charge in [0.25, 0.3) is 0 Å². The Balaban J connectivity index is 1.48. The quantitative estimate of drug-likeness (QED) is 0.343. The van der Waals surface area contributed by atoms with Crippen LogP contribution in [0.25, 0.3) is 0 Å². The predicted octanol–water partition coefficient (Wildman–Crippen LogP) is 3.95. The van der Waals surface area contributed by atoms with Crippen molar-refractivity contribution in [3.8, 4) is 5.75 Å². The van der Waals surface area contributed by atoms with Crippen molar-refractivity contribution in [2.75, 3.05) is 13.2 Å². The number of ketones is 1. The first-order valence-electron chi connectivity index (χ1n) is 8.96. The van der Waals surface area contributed by atoms with Crippen LogP contribution in [0, 0.1) is 0 Å². The van der Waals surface area contributed by atoms with E-state index in [1.807, 2.05) is 0 Å². The number of fused-ring (bicyclic) bond motifs is 2. The lowest BCUT2D eigenvalue weighted by atomic mass is 10.0. The summed E-state index contributed by atoms with van der Waals surface area (Å²) in [5, 5.41) is 0.581. The molecule has 1 aliphatic heterocycles. The number of hydrogen-bond acceptors (Lipinski definition) is 6. The third-order valence-corrected chi connectivity index (χ3v) is 6.68. The van der Waals surface area contributed by atoms with E-state index in [-0.39, 0.29) is 39.7 Å². The minimum atomic E-state index is -3.92. The molecule has 3 aromatic carbocycles. The maximum atomic E-state index is 12.9. The van der Waals surface area contributed by atoms with Crippen molar-refractivity contribution in [2.24, 2.45) is 0 Å². The highest BCUT2D eigenvalue weighted by molar-refractivity contribution is 7.91. The lowest BCUT2D eigenvalue weighted by Crippen LogP contribution is -2.21. The van der Waals surface area contributed by atoms with E-state index < -0.39 is 21.6 Å². The number of carbonyl (C=O) groups is 2. The van der Waals surface area contributed by atoms with Crippen molar-refractivity contribution in [3.05, 3.63) is 88.4 Å². The van der Waals surface area contributed by atoms with Crippen LogP contribution in [0.3, 0.4) is 0 Å². The summed E-state index contributed by atoms with van der Waals surface area (Å²) in [5.41, 5.74) is 0.201. The molecule has 0 saturated carbocycles. The third kappa shape index (κ3) is 3.69. The number of benzene rings is 3. The van der Waals surface area contributed by atoms with E-state index in [4.69, 9.17) is 21.1 Å². The zero-order valence-corrected chi connectivity index (χ0v) is 17.1. The van der Waals surface area contributed by atoms with Crippen LogP contribution in [0.5, 0.6) is 5.75 Å². The van der Waals surface area contributed by atoms with E-state index in [1.54, 1.807) is 36.4 Å². The van der Waals surface area contributed by atoms with Crippen molar-refractivity contribution in [2.45, 2.75) is 9.79 Å². The fourth-order valence-electron chi connectivity index (χ4n) is 3.12. The van der Waals surface area contributed by atoms with Crippen LogP contribution in [0.15, 0.2) is 76.5 Å². The lowest BCUT2D eigenvalue weighted by Gasteiger charge is -2.19. The number of esters is 1. The Hall–Kier alpha value is -3.16. The molecule has 0 unspecified atom stereocenters. The summed E-state index contributed by atoms with van der Waals surface area (Å²) in [6, 6.07) is 16.6. The van der Waals surface area contributed by atoms with E-state index in [2.05, 4.69) is 0 Å². The van der Waals surface area contributed by atoms with Gasteiger partial charge in [0.05, 0.1) is 15.4 Å². The molecule has 6 nitrogen and oxygen atoms in total. The number of ether oxygens (including phenoxy) is 2. The number of sulfone groups is 1. The Bertz CT molecular complexity index is 1250. The van der Waals surface area contributed by atoms with Gasteiger partial charge in [0.15, 0.2) is 5.78 Å². The molecular formula is C22H15ClO6S. The fourth-order valence-corrected chi connectivity index (χ4v) is 4.92. The van der Waals surface area contributed by atoms with Crippen LogP contribution >= 0.6 is 11.6 Å². The topological polar surface area (TPSA) is 86.7 Å². The number of halogens is 1. The minimum Gasteiger partial charge on any atom is -0.490 e. The number of rotatable bonds is 5. The Kier molecular flexibility index (Phi) is 5.32. The second kappa shape index (κ2) is 7.93. The summed E-state index contributed by atoms with van der Waals surface area (Å²) in [6.45, 7) is 0.0789. The molecule has 8 heteroatoms. The van der Waals surface area contributed by atoms with Crippen molar-refractivity contribution < 1.29 is 27.5 Å². The average Bonchev–Trinajstić information content (AvgIpc) is 2.76. The van der Waals surface area contributed by atoms with Gasteiger partial charge in [-0.15, -0.1) is 0 Å². The highest BCUT2D eigenvalue weighted by Gasteiger charge is 2.35. The zero-order valence-electron chi connectivity index (χ0n) is 15.5. The van der Waals surface area contributed by atoms with Crippen molar-refractivity contribution in [1.29, 1.82) is 0 Å². The first kappa shape index (κ1) is 20.1. The standard InChI is InChI=1S/C22H15ClO6S/c23-15-6-8-16(9-7-15)28-11-12-29-22(25)14-5-10-18-20(13-14)30(26,27)19-4-2-1-3-17(19)21(18)24/h1-10,13H,11-12H2. The van der Waals surface area contributed by atoms with E-state index in [0.29, 0.717) is 10.8 Å². The van der Waals surface area contributed by atoms with E-state index in [0.717, 1.165) is 0 Å². The molecule has 0 N–H and O–H groups in total. The smallest absolute Gasteiger partial charge is 0.338 e. The molecule has 30 heavy (non-hydrogen) atoms. The second-order valence-corrected chi connectivity index (χ2v) is 8.80. The molecule has 1 heterocycles. The van der Waals surface area contributed by atoms with Gasteiger partial charge in [0, 0.05) is 16.1 Å². The van der Waals surface area contributed by atoms with Gasteiger partial charge >= 0.3 is 5.97 Å². The van der Waals surface area contributed by atoms with Gasteiger partial charge in [-0.05, 0) is 54.6 Å². The third-order valence-electron chi connectivity index (χ3n) is 4.57. The van der Waals surface area contributed by atoms with Gasteiger partial charge in [-0.3, -0.25) is 4.79 Å². The van der Waals surface area contributed by atoms with E-state index in [1.165, 1.54) is 30.3 Å². The summed E-state index contributed by atoms with van der Waals surface area (Å²) < 4.78 is 36.5. The molecule has 0 bridgehead atoms. The molecule has 3 aromatic rings. The normalized spacial score (nSPS) is 13.8. The van der Waals surface area contributed by atoms with Crippen LogP contribution in [0.1, 0.15) is 26.3 Å². The van der Waals surface area contributed by atoms with Gasteiger partial charge in [-0.2, -0.15) is 0 Å². The van der Waals surface area contributed by atoms with Crippen molar-refractivity contribution in [3.63, 3.8) is 0 Å². The first-order valence-corrected chi connectivity index (χ1v) is 10.8. The monoisotopic (exact) mass is 442 g/mol. The molecule has 0 atom stereocenters. The highest BCUT2D eigenvalue weighted by atomic mass is 35.5.